The van der Waals surface area contributed by atoms with E-state index in [4.69, 9.17) is 0 Å². The summed E-state index contributed by atoms with van der Waals surface area (Å²) in [7, 11) is -10.7. The Morgan fingerprint density at radius 2 is 1.64 bits per heavy atom. The van der Waals surface area contributed by atoms with Gasteiger partial charge in [-0.1, -0.05) is 37.9 Å². The lowest BCUT2D eigenvalue weighted by Crippen LogP contribution is -2.32. The maximum absolute atomic E-state index is 11.0. The first kappa shape index (κ1) is 19.6. The first-order valence-corrected chi connectivity index (χ1v) is 10.6. The van der Waals surface area contributed by atoms with Gasteiger partial charge in [-0.15, -0.1) is 0 Å². The van der Waals surface area contributed by atoms with Gasteiger partial charge < -0.3 is 24.2 Å². The molecule has 0 aliphatic rings. The van der Waals surface area contributed by atoms with Gasteiger partial charge in [0.2, 0.25) is 0 Å². The molecule has 0 spiro atoms. The van der Waals surface area contributed by atoms with Crippen LogP contribution in [0.2, 0.25) is 0 Å². The molecule has 7 nitrogen and oxygen atoms in total. The van der Waals surface area contributed by atoms with Gasteiger partial charge in [-0.05, 0) is 49.1 Å². The molecule has 136 valence electrons. The number of nitrogens with one attached hydrogen (secondary N) is 1. The van der Waals surface area contributed by atoms with E-state index in [1.165, 1.54) is 0 Å². The molecular formula is C16H17NO6PS-3. The molecule has 2 rings (SSSR count). The molecule has 1 atom stereocenters. The summed E-state index contributed by atoms with van der Waals surface area (Å²) >= 11 is 0. The summed E-state index contributed by atoms with van der Waals surface area (Å²) in [4.78, 5) is 19.5. The van der Waals surface area contributed by atoms with E-state index in [-0.39, 0.29) is 6.42 Å². The summed E-state index contributed by atoms with van der Waals surface area (Å²) in [6.45, 7) is 0. The van der Waals surface area contributed by atoms with E-state index in [0.29, 0.717) is 6.42 Å². The normalized spacial score (nSPS) is 13.4. The van der Waals surface area contributed by atoms with Gasteiger partial charge in [0.15, 0.2) is 0 Å². The summed E-state index contributed by atoms with van der Waals surface area (Å²) in [6.07, 6.45) is -0.0713. The monoisotopic (exact) mass is 382 g/mol. The molecule has 2 aromatic carbocycles. The van der Waals surface area contributed by atoms with Gasteiger partial charge in [0.1, 0.15) is 10.1 Å². The van der Waals surface area contributed by atoms with E-state index in [1.54, 1.807) is 12.1 Å². The molecule has 2 aromatic rings. The van der Waals surface area contributed by atoms with Crippen LogP contribution >= 0.6 is 7.60 Å². The lowest BCUT2D eigenvalue weighted by molar-refractivity contribution is -0.314. The molecule has 0 fully saturated rings. The predicted octanol–water partition coefficient (Wildman–Crippen LogP) is 1.54. The third kappa shape index (κ3) is 6.26. The molecule has 0 radical (unpaired) electrons. The fraction of sp³-hybridized carbons (Fsp3) is 0.250. The Morgan fingerprint density at radius 1 is 1.00 bits per heavy atom. The highest BCUT2D eigenvalue weighted by molar-refractivity contribution is 7.93. The zero-order valence-corrected chi connectivity index (χ0v) is 14.9. The third-order valence-electron chi connectivity index (χ3n) is 3.59. The minimum absolute atomic E-state index is 0.0927. The smallest absolute Gasteiger partial charge is 0.102 e. The largest absolute Gasteiger partial charge is 0.810 e. The summed E-state index contributed by atoms with van der Waals surface area (Å²) in [5.41, 5.74) is 2.54. The van der Waals surface area contributed by atoms with Crippen molar-refractivity contribution >= 4 is 29.1 Å². The minimum atomic E-state index is -5.49. The molecular weight excluding hydrogens is 365 g/mol. The molecule has 25 heavy (non-hydrogen) atoms. The van der Waals surface area contributed by atoms with Gasteiger partial charge in [-0.2, -0.15) is 0 Å². The number of para-hydroxylation sites is 1. The van der Waals surface area contributed by atoms with Crippen molar-refractivity contribution < 1.29 is 27.3 Å². The third-order valence-corrected chi connectivity index (χ3v) is 7.01. The number of benzene rings is 2. The van der Waals surface area contributed by atoms with Crippen LogP contribution in [0.25, 0.3) is 0 Å². The van der Waals surface area contributed by atoms with Gasteiger partial charge in [-0.3, -0.25) is 0 Å². The van der Waals surface area contributed by atoms with Gasteiger partial charge in [0.25, 0.3) is 0 Å². The fourth-order valence-corrected chi connectivity index (χ4v) is 4.65. The van der Waals surface area contributed by atoms with Crippen molar-refractivity contribution in [1.29, 1.82) is 0 Å². The van der Waals surface area contributed by atoms with Crippen LogP contribution in [-0.2, 0) is 21.1 Å². The van der Waals surface area contributed by atoms with E-state index in [2.05, 4.69) is 5.32 Å². The summed E-state index contributed by atoms with van der Waals surface area (Å²) in [5.74, 6) is 0. The Hall–Kier alpha value is -1.70. The van der Waals surface area contributed by atoms with Crippen LogP contribution in [0.3, 0.4) is 0 Å². The molecule has 0 aliphatic heterocycles. The predicted molar refractivity (Wildman–Crippen MR) is 90.2 cm³/mol. The fourth-order valence-electron chi connectivity index (χ4n) is 2.43. The molecule has 0 amide bonds. The molecule has 0 aliphatic carbocycles. The lowest BCUT2D eigenvalue weighted by atomic mass is 10.1. The SMILES string of the molecule is O=P([O-])([O-])C(CCCc1cccc(Nc2ccccc2)c1)S(=O)(=O)[O-]. The van der Waals surface area contributed by atoms with Gasteiger partial charge in [0.05, 0.1) is 4.99 Å². The first-order valence-electron chi connectivity index (χ1n) is 7.54. The zero-order chi connectivity index (χ0) is 18.5. The molecule has 0 saturated heterocycles. The van der Waals surface area contributed by atoms with Crippen molar-refractivity contribution in [2.24, 2.45) is 0 Å². The topological polar surface area (TPSA) is 132 Å². The number of aryl methyl sites for hydroxylation is 1. The van der Waals surface area contributed by atoms with E-state index in [1.807, 2.05) is 42.5 Å². The first-order chi connectivity index (χ1) is 11.7. The van der Waals surface area contributed by atoms with E-state index in [0.717, 1.165) is 16.9 Å². The highest BCUT2D eigenvalue weighted by atomic mass is 32.2. The maximum atomic E-state index is 11.0. The molecule has 0 aromatic heterocycles. The summed E-state index contributed by atoms with van der Waals surface area (Å²) in [5, 5.41) is 3.20. The van der Waals surface area contributed by atoms with Crippen molar-refractivity contribution in [2.75, 3.05) is 5.32 Å². The van der Waals surface area contributed by atoms with Crippen LogP contribution in [0.15, 0.2) is 54.6 Å². The Balaban J connectivity index is 1.99. The standard InChI is InChI=1S/C16H20NO6PS/c18-24(19,20)16(25(21,22)23)11-5-7-13-6-4-10-15(12-13)17-14-8-2-1-3-9-14/h1-4,6,8-10,12,16-17H,5,7,11H2,(H2,18,19,20)(H,21,22,23)/p-3. The van der Waals surface area contributed by atoms with Crippen LogP contribution in [0.5, 0.6) is 0 Å². The molecule has 1 unspecified atom stereocenters. The molecule has 9 heteroatoms. The molecule has 1 N–H and O–H groups in total. The van der Waals surface area contributed by atoms with Crippen LogP contribution in [0.4, 0.5) is 11.4 Å². The van der Waals surface area contributed by atoms with E-state index < -0.39 is 29.1 Å². The van der Waals surface area contributed by atoms with Crippen molar-refractivity contribution in [3.8, 4) is 0 Å². The Labute approximate surface area is 146 Å². The number of hydrogen-bond acceptors (Lipinski definition) is 7. The van der Waals surface area contributed by atoms with Crippen molar-refractivity contribution in [3.05, 3.63) is 60.2 Å². The molecule has 0 saturated carbocycles. The van der Waals surface area contributed by atoms with Gasteiger partial charge >= 0.3 is 0 Å². The van der Waals surface area contributed by atoms with Crippen LogP contribution < -0.4 is 15.1 Å². The van der Waals surface area contributed by atoms with E-state index >= 15 is 0 Å². The maximum Gasteiger partial charge on any atom is 0.102 e. The van der Waals surface area contributed by atoms with Gasteiger partial charge in [0, 0.05) is 11.4 Å². The quantitative estimate of drug-likeness (QED) is 0.541. The molecule has 0 bridgehead atoms. The second-order valence-corrected chi connectivity index (χ2v) is 9.18. The van der Waals surface area contributed by atoms with Crippen LogP contribution in [-0.4, -0.2) is 18.0 Å². The van der Waals surface area contributed by atoms with Crippen molar-refractivity contribution in [3.63, 3.8) is 0 Å². The van der Waals surface area contributed by atoms with Crippen LogP contribution in [0.1, 0.15) is 18.4 Å². The van der Waals surface area contributed by atoms with E-state index in [9.17, 15) is 27.3 Å². The highest BCUT2D eigenvalue weighted by Gasteiger charge is 2.19. The average Bonchev–Trinajstić information content (AvgIpc) is 2.50. The highest BCUT2D eigenvalue weighted by Crippen LogP contribution is 2.38. The summed E-state index contributed by atoms with van der Waals surface area (Å²) < 4.78 is 43.8. The Kier molecular flexibility index (Phi) is 6.37. The Bertz CT molecular complexity index is 850. The minimum Gasteiger partial charge on any atom is -0.810 e. The van der Waals surface area contributed by atoms with Gasteiger partial charge in [-0.25, -0.2) is 8.42 Å². The van der Waals surface area contributed by atoms with Crippen molar-refractivity contribution in [2.45, 2.75) is 24.3 Å². The molecule has 0 heterocycles. The number of rotatable bonds is 8. The Morgan fingerprint density at radius 3 is 2.24 bits per heavy atom. The second kappa shape index (κ2) is 8.12. The number of hydrogen-bond donors (Lipinski definition) is 1. The van der Waals surface area contributed by atoms with Crippen molar-refractivity contribution in [1.82, 2.24) is 0 Å². The van der Waals surface area contributed by atoms with Crippen LogP contribution in [0, 0.1) is 0 Å². The second-order valence-electron chi connectivity index (χ2n) is 5.57. The zero-order valence-electron chi connectivity index (χ0n) is 13.2. The average molecular weight is 382 g/mol. The number of anilines is 2. The summed E-state index contributed by atoms with van der Waals surface area (Å²) in [6, 6.07) is 16.8. The lowest BCUT2D eigenvalue weighted by Gasteiger charge is -2.39.